The number of rotatable bonds is 4. The number of nitrogens with zero attached hydrogens (tertiary/aromatic N) is 3. The van der Waals surface area contributed by atoms with Crippen LogP contribution in [0.2, 0.25) is 0 Å². The van der Waals surface area contributed by atoms with Crippen molar-refractivity contribution in [3.63, 3.8) is 0 Å². The molecule has 0 aliphatic heterocycles. The van der Waals surface area contributed by atoms with Crippen molar-refractivity contribution in [1.82, 2.24) is 15.0 Å². The zero-order valence-corrected chi connectivity index (χ0v) is 14.2. The molecule has 0 saturated heterocycles. The van der Waals surface area contributed by atoms with Crippen molar-refractivity contribution < 1.29 is 0 Å². The van der Waals surface area contributed by atoms with Gasteiger partial charge in [-0.3, -0.25) is 0 Å². The molecule has 0 aliphatic carbocycles. The first-order valence-electron chi connectivity index (χ1n) is 6.38. The smallest absolute Gasteiger partial charge is 0.102 e. The Bertz CT molecular complexity index is 720. The third-order valence-electron chi connectivity index (χ3n) is 2.94. The van der Waals surface area contributed by atoms with Gasteiger partial charge in [0.1, 0.15) is 5.69 Å². The summed E-state index contributed by atoms with van der Waals surface area (Å²) in [7, 11) is 0. The first-order valence-corrected chi connectivity index (χ1v) is 7.97. The average Bonchev–Trinajstić information content (AvgIpc) is 2.97. The molecule has 2 aromatic carbocycles. The Morgan fingerprint density at radius 3 is 2.38 bits per heavy atom. The summed E-state index contributed by atoms with van der Waals surface area (Å²) in [6.45, 7) is 0.605. The van der Waals surface area contributed by atoms with Crippen LogP contribution < -0.4 is 5.32 Å². The minimum Gasteiger partial charge on any atom is -0.377 e. The quantitative estimate of drug-likeness (QED) is 0.696. The number of anilines is 1. The van der Waals surface area contributed by atoms with E-state index in [-0.39, 0.29) is 0 Å². The molecule has 0 amide bonds. The van der Waals surface area contributed by atoms with Crippen LogP contribution in [-0.2, 0) is 6.54 Å². The molecule has 1 heterocycles. The van der Waals surface area contributed by atoms with Gasteiger partial charge in [-0.15, -0.1) is 0 Å². The van der Waals surface area contributed by atoms with Gasteiger partial charge in [-0.2, -0.15) is 15.0 Å². The van der Waals surface area contributed by atoms with E-state index < -0.39 is 0 Å². The highest BCUT2D eigenvalue weighted by atomic mass is 79.9. The molecule has 4 nitrogen and oxygen atoms in total. The Kier molecular flexibility index (Phi) is 4.36. The van der Waals surface area contributed by atoms with Crippen LogP contribution in [0.25, 0.3) is 5.69 Å². The molecule has 106 valence electrons. The first kappa shape index (κ1) is 14.3. The molecule has 0 fully saturated rings. The van der Waals surface area contributed by atoms with Crippen LogP contribution in [0, 0.1) is 0 Å². The van der Waals surface area contributed by atoms with Gasteiger partial charge in [0, 0.05) is 8.95 Å². The second-order valence-corrected chi connectivity index (χ2v) is 6.12. The van der Waals surface area contributed by atoms with E-state index in [9.17, 15) is 0 Å². The van der Waals surface area contributed by atoms with Gasteiger partial charge in [-0.25, -0.2) is 0 Å². The third kappa shape index (κ3) is 3.33. The second kappa shape index (κ2) is 6.41. The molecule has 6 heteroatoms. The summed E-state index contributed by atoms with van der Waals surface area (Å²) in [6, 6.07) is 15.8. The molecule has 0 bridgehead atoms. The van der Waals surface area contributed by atoms with E-state index >= 15 is 0 Å². The minimum atomic E-state index is 0.605. The van der Waals surface area contributed by atoms with Crippen LogP contribution in [-0.4, -0.2) is 15.0 Å². The lowest BCUT2D eigenvalue weighted by molar-refractivity contribution is 0.740. The summed E-state index contributed by atoms with van der Waals surface area (Å²) >= 11 is 7.06. The Labute approximate surface area is 139 Å². The highest BCUT2D eigenvalue weighted by Gasteiger charge is 2.06. The number of hydrogen-bond acceptors (Lipinski definition) is 3. The average molecular weight is 408 g/mol. The summed E-state index contributed by atoms with van der Waals surface area (Å²) in [5.41, 5.74) is 2.83. The SMILES string of the molecule is Brc1cccc(Br)c1NCc1cnn(-c2ccccc2)n1. The lowest BCUT2D eigenvalue weighted by atomic mass is 10.3. The Hall–Kier alpha value is -1.66. The minimum absolute atomic E-state index is 0.605. The second-order valence-electron chi connectivity index (χ2n) is 4.41. The van der Waals surface area contributed by atoms with Crippen LogP contribution in [0.15, 0.2) is 63.7 Å². The molecular weight excluding hydrogens is 396 g/mol. The van der Waals surface area contributed by atoms with Gasteiger partial charge in [0.2, 0.25) is 0 Å². The topological polar surface area (TPSA) is 42.7 Å². The van der Waals surface area contributed by atoms with Crippen molar-refractivity contribution in [3.8, 4) is 5.69 Å². The molecule has 0 saturated carbocycles. The summed E-state index contributed by atoms with van der Waals surface area (Å²) in [5.74, 6) is 0. The fraction of sp³-hybridized carbons (Fsp3) is 0.0667. The molecule has 0 spiro atoms. The van der Waals surface area contributed by atoms with Crippen molar-refractivity contribution in [1.29, 1.82) is 0 Å². The standard InChI is InChI=1S/C15H12Br2N4/c16-13-7-4-8-14(17)15(13)18-9-11-10-19-21(20-11)12-5-2-1-3-6-12/h1-8,10,18H,9H2. The van der Waals surface area contributed by atoms with Crippen LogP contribution in [0.1, 0.15) is 5.69 Å². The molecule has 3 rings (SSSR count). The van der Waals surface area contributed by atoms with Gasteiger partial charge in [0.15, 0.2) is 0 Å². The Balaban J connectivity index is 1.74. The van der Waals surface area contributed by atoms with Gasteiger partial charge >= 0.3 is 0 Å². The lowest BCUT2D eigenvalue weighted by Gasteiger charge is -2.08. The fourth-order valence-electron chi connectivity index (χ4n) is 1.91. The number of para-hydroxylation sites is 2. The highest BCUT2D eigenvalue weighted by molar-refractivity contribution is 9.11. The fourth-order valence-corrected chi connectivity index (χ4v) is 3.19. The number of nitrogens with one attached hydrogen (secondary N) is 1. The van der Waals surface area contributed by atoms with E-state index in [0.717, 1.165) is 26.0 Å². The molecule has 0 radical (unpaired) electrons. The maximum absolute atomic E-state index is 4.47. The molecule has 1 aromatic heterocycles. The zero-order valence-electron chi connectivity index (χ0n) is 11.0. The predicted molar refractivity (Wildman–Crippen MR) is 90.5 cm³/mol. The van der Waals surface area contributed by atoms with E-state index in [1.54, 1.807) is 11.0 Å². The van der Waals surface area contributed by atoms with E-state index in [0.29, 0.717) is 6.54 Å². The van der Waals surface area contributed by atoms with Crippen molar-refractivity contribution in [2.45, 2.75) is 6.54 Å². The number of hydrogen-bond donors (Lipinski definition) is 1. The number of halogens is 2. The van der Waals surface area contributed by atoms with Gasteiger partial charge in [0.05, 0.1) is 24.1 Å². The highest BCUT2D eigenvalue weighted by Crippen LogP contribution is 2.30. The molecule has 0 unspecified atom stereocenters. The van der Waals surface area contributed by atoms with Crippen molar-refractivity contribution >= 4 is 37.5 Å². The van der Waals surface area contributed by atoms with Gasteiger partial charge < -0.3 is 5.32 Å². The van der Waals surface area contributed by atoms with E-state index in [1.165, 1.54) is 0 Å². The molecule has 0 aliphatic rings. The number of benzene rings is 2. The molecule has 3 aromatic rings. The van der Waals surface area contributed by atoms with E-state index in [4.69, 9.17) is 0 Å². The first-order chi connectivity index (χ1) is 10.2. The summed E-state index contributed by atoms with van der Waals surface area (Å²) in [5, 5.41) is 12.1. The van der Waals surface area contributed by atoms with Crippen molar-refractivity contribution in [2.24, 2.45) is 0 Å². The largest absolute Gasteiger partial charge is 0.377 e. The van der Waals surface area contributed by atoms with E-state index in [1.807, 2.05) is 48.5 Å². The maximum Gasteiger partial charge on any atom is 0.102 e. The van der Waals surface area contributed by atoms with Gasteiger partial charge in [0.25, 0.3) is 0 Å². The van der Waals surface area contributed by atoms with Crippen molar-refractivity contribution in [3.05, 3.63) is 69.4 Å². The lowest BCUT2D eigenvalue weighted by Crippen LogP contribution is -2.03. The molecule has 1 N–H and O–H groups in total. The van der Waals surface area contributed by atoms with Crippen LogP contribution in [0.5, 0.6) is 0 Å². The van der Waals surface area contributed by atoms with Crippen LogP contribution >= 0.6 is 31.9 Å². The Morgan fingerprint density at radius 1 is 0.952 bits per heavy atom. The molecular formula is C15H12Br2N4. The van der Waals surface area contributed by atoms with Crippen LogP contribution in [0.4, 0.5) is 5.69 Å². The maximum atomic E-state index is 4.47. The number of aromatic nitrogens is 3. The van der Waals surface area contributed by atoms with Gasteiger partial charge in [-0.05, 0) is 56.1 Å². The van der Waals surface area contributed by atoms with Gasteiger partial charge in [-0.1, -0.05) is 24.3 Å². The zero-order chi connectivity index (χ0) is 14.7. The Morgan fingerprint density at radius 2 is 1.67 bits per heavy atom. The van der Waals surface area contributed by atoms with E-state index in [2.05, 4.69) is 47.4 Å². The van der Waals surface area contributed by atoms with Crippen molar-refractivity contribution in [2.75, 3.05) is 5.32 Å². The predicted octanol–water partition coefficient (Wildman–Crippen LogP) is 4.40. The van der Waals surface area contributed by atoms with Crippen LogP contribution in [0.3, 0.4) is 0 Å². The summed E-state index contributed by atoms with van der Waals surface area (Å²) < 4.78 is 2.01. The monoisotopic (exact) mass is 406 g/mol. The molecule has 21 heavy (non-hydrogen) atoms. The molecule has 0 atom stereocenters. The summed E-state index contributed by atoms with van der Waals surface area (Å²) in [6.07, 6.45) is 1.77. The summed E-state index contributed by atoms with van der Waals surface area (Å²) in [4.78, 5) is 1.63. The normalized spacial score (nSPS) is 10.6. The third-order valence-corrected chi connectivity index (χ3v) is 4.26.